The molecule has 0 radical (unpaired) electrons. The van der Waals surface area contributed by atoms with E-state index in [9.17, 15) is 9.59 Å². The third-order valence-corrected chi connectivity index (χ3v) is 2.38. The van der Waals surface area contributed by atoms with Gasteiger partial charge in [-0.25, -0.2) is 4.79 Å². The van der Waals surface area contributed by atoms with Crippen LogP contribution in [0, 0.1) is 0 Å². The molecule has 1 saturated heterocycles. The van der Waals surface area contributed by atoms with Crippen LogP contribution < -0.4 is 5.32 Å². The average Bonchev–Trinajstić information content (AvgIpc) is 2.38. The molecule has 1 amide bonds. The Balaban J connectivity index is 1.73. The third-order valence-electron chi connectivity index (χ3n) is 2.38. The Kier molecular flexibility index (Phi) is 4.14. The van der Waals surface area contributed by atoms with Gasteiger partial charge in [-0.15, -0.1) is 0 Å². The zero-order valence-corrected chi connectivity index (χ0v) is 9.63. The smallest absolute Gasteiger partial charge is 0.439 e. The fraction of sp³-hybridized carbons (Fsp3) is 0.333. The quantitative estimate of drug-likeness (QED) is 0.642. The number of ether oxygens (including phenoxy) is 1. The minimum absolute atomic E-state index is 0.0575. The van der Waals surface area contributed by atoms with Crippen LogP contribution in [-0.2, 0) is 25.9 Å². The Morgan fingerprint density at radius 2 is 2.17 bits per heavy atom. The van der Waals surface area contributed by atoms with E-state index in [2.05, 4.69) is 15.1 Å². The number of hydrogen-bond donors (Lipinski definition) is 1. The molecule has 1 atom stereocenters. The highest BCUT2D eigenvalue weighted by atomic mass is 17.2. The fourth-order valence-corrected chi connectivity index (χ4v) is 1.51. The summed E-state index contributed by atoms with van der Waals surface area (Å²) in [6, 6.07) is 8.96. The number of nitrogens with one attached hydrogen (secondary N) is 1. The van der Waals surface area contributed by atoms with Gasteiger partial charge in [0.05, 0.1) is 12.5 Å². The Morgan fingerprint density at radius 1 is 1.39 bits per heavy atom. The summed E-state index contributed by atoms with van der Waals surface area (Å²) >= 11 is 0. The number of amides is 1. The topological polar surface area (TPSA) is 73.9 Å². The van der Waals surface area contributed by atoms with Crippen molar-refractivity contribution in [1.29, 1.82) is 0 Å². The van der Waals surface area contributed by atoms with Crippen molar-refractivity contribution in [2.75, 3.05) is 6.61 Å². The minimum atomic E-state index is -0.692. The summed E-state index contributed by atoms with van der Waals surface area (Å²) in [7, 11) is 0. The van der Waals surface area contributed by atoms with Gasteiger partial charge in [-0.3, -0.25) is 9.68 Å². The molecule has 0 aromatic heterocycles. The maximum absolute atomic E-state index is 11.5. The standard InChI is InChI=1S/C12H13NO5/c14-11(6-10-8-17-18-12(15)13-10)16-7-9-4-2-1-3-5-9/h1-5,10H,6-8H2,(H,13,15)/t10-/m0/s1. The lowest BCUT2D eigenvalue weighted by Gasteiger charge is -2.20. The molecule has 96 valence electrons. The van der Waals surface area contributed by atoms with Crippen molar-refractivity contribution in [2.24, 2.45) is 0 Å². The summed E-state index contributed by atoms with van der Waals surface area (Å²) in [5.41, 5.74) is 0.915. The van der Waals surface area contributed by atoms with E-state index in [1.54, 1.807) is 0 Å². The van der Waals surface area contributed by atoms with Crippen LogP contribution in [0.3, 0.4) is 0 Å². The van der Waals surface area contributed by atoms with Crippen LogP contribution in [0.1, 0.15) is 12.0 Å². The molecule has 1 heterocycles. The van der Waals surface area contributed by atoms with Crippen molar-refractivity contribution in [1.82, 2.24) is 5.32 Å². The van der Waals surface area contributed by atoms with Gasteiger partial charge in [0.1, 0.15) is 13.2 Å². The maximum Gasteiger partial charge on any atom is 0.439 e. The van der Waals surface area contributed by atoms with Gasteiger partial charge in [-0.1, -0.05) is 30.3 Å². The first-order chi connectivity index (χ1) is 8.74. The van der Waals surface area contributed by atoms with Gasteiger partial charge in [0.25, 0.3) is 0 Å². The zero-order chi connectivity index (χ0) is 12.8. The Morgan fingerprint density at radius 3 is 2.89 bits per heavy atom. The van der Waals surface area contributed by atoms with Gasteiger partial charge in [0.15, 0.2) is 0 Å². The van der Waals surface area contributed by atoms with Crippen LogP contribution in [-0.4, -0.2) is 24.7 Å². The molecule has 1 aromatic carbocycles. The first-order valence-electron chi connectivity index (χ1n) is 5.53. The van der Waals surface area contributed by atoms with Crippen LogP contribution in [0.5, 0.6) is 0 Å². The van der Waals surface area contributed by atoms with Crippen molar-refractivity contribution in [3.8, 4) is 0 Å². The molecule has 6 nitrogen and oxygen atoms in total. The molecule has 2 rings (SSSR count). The van der Waals surface area contributed by atoms with Crippen molar-refractivity contribution in [2.45, 2.75) is 19.1 Å². The highest BCUT2D eigenvalue weighted by Gasteiger charge is 2.23. The minimum Gasteiger partial charge on any atom is -0.461 e. The molecule has 0 unspecified atom stereocenters. The molecule has 1 aromatic rings. The summed E-state index contributed by atoms with van der Waals surface area (Å²) in [5, 5.41) is 2.46. The molecule has 0 saturated carbocycles. The van der Waals surface area contributed by atoms with E-state index in [1.807, 2.05) is 30.3 Å². The number of esters is 1. The molecule has 1 aliphatic heterocycles. The highest BCUT2D eigenvalue weighted by molar-refractivity contribution is 5.72. The summed E-state index contributed by atoms with van der Waals surface area (Å²) in [5.74, 6) is -0.394. The molecule has 18 heavy (non-hydrogen) atoms. The van der Waals surface area contributed by atoms with Crippen LogP contribution in [0.25, 0.3) is 0 Å². The van der Waals surface area contributed by atoms with E-state index in [-0.39, 0.29) is 19.6 Å². The number of carbonyl (C=O) groups is 2. The maximum atomic E-state index is 11.5. The molecule has 0 bridgehead atoms. The van der Waals surface area contributed by atoms with Crippen molar-refractivity contribution < 1.29 is 24.1 Å². The van der Waals surface area contributed by atoms with Crippen molar-refractivity contribution in [3.05, 3.63) is 35.9 Å². The summed E-state index contributed by atoms with van der Waals surface area (Å²) in [6.45, 7) is 0.351. The molecule has 6 heteroatoms. The highest BCUT2D eigenvalue weighted by Crippen LogP contribution is 2.05. The third kappa shape index (κ3) is 3.74. The molecule has 0 spiro atoms. The molecule has 1 N–H and O–H groups in total. The van der Waals surface area contributed by atoms with Crippen molar-refractivity contribution >= 4 is 12.1 Å². The van der Waals surface area contributed by atoms with Gasteiger partial charge < -0.3 is 10.1 Å². The predicted octanol–water partition coefficient (Wildman–Crippen LogP) is 1.16. The monoisotopic (exact) mass is 251 g/mol. The van der Waals surface area contributed by atoms with E-state index >= 15 is 0 Å². The Bertz CT molecular complexity index is 420. The predicted molar refractivity (Wildman–Crippen MR) is 60.2 cm³/mol. The number of benzene rings is 1. The normalized spacial score (nSPS) is 18.7. The molecule has 1 aliphatic rings. The lowest BCUT2D eigenvalue weighted by molar-refractivity contribution is -0.258. The van der Waals surface area contributed by atoms with Crippen LogP contribution >= 0.6 is 0 Å². The Hall–Kier alpha value is -2.08. The van der Waals surface area contributed by atoms with Crippen LogP contribution in [0.15, 0.2) is 30.3 Å². The molecular formula is C12H13NO5. The fourth-order valence-electron chi connectivity index (χ4n) is 1.51. The first kappa shape index (κ1) is 12.4. The number of carbonyl (C=O) groups excluding carboxylic acids is 2. The SMILES string of the molecule is O=C(C[C@H]1COOC(=O)N1)OCc1ccccc1. The summed E-state index contributed by atoms with van der Waals surface area (Å²) < 4.78 is 5.08. The van der Waals surface area contributed by atoms with E-state index in [4.69, 9.17) is 4.74 Å². The van der Waals surface area contributed by atoms with E-state index in [0.717, 1.165) is 5.56 Å². The first-order valence-corrected chi connectivity index (χ1v) is 5.53. The van der Waals surface area contributed by atoms with E-state index < -0.39 is 18.1 Å². The van der Waals surface area contributed by atoms with Gasteiger partial charge in [-0.2, -0.15) is 4.89 Å². The largest absolute Gasteiger partial charge is 0.461 e. The second kappa shape index (κ2) is 6.02. The zero-order valence-electron chi connectivity index (χ0n) is 9.63. The van der Waals surface area contributed by atoms with E-state index in [0.29, 0.717) is 0 Å². The Labute approximate surface area is 104 Å². The van der Waals surface area contributed by atoms with Gasteiger partial charge >= 0.3 is 12.1 Å². The van der Waals surface area contributed by atoms with E-state index in [1.165, 1.54) is 0 Å². The second-order valence-corrected chi connectivity index (χ2v) is 3.85. The summed E-state index contributed by atoms with van der Waals surface area (Å²) in [6.07, 6.45) is -0.635. The number of hydrogen-bond acceptors (Lipinski definition) is 5. The average molecular weight is 251 g/mol. The molecule has 1 fully saturated rings. The van der Waals surface area contributed by atoms with Crippen molar-refractivity contribution in [3.63, 3.8) is 0 Å². The van der Waals surface area contributed by atoms with Gasteiger partial charge in [0, 0.05) is 0 Å². The van der Waals surface area contributed by atoms with Gasteiger partial charge in [0.2, 0.25) is 0 Å². The number of rotatable bonds is 4. The lowest BCUT2D eigenvalue weighted by atomic mass is 10.2. The molecular weight excluding hydrogens is 238 g/mol. The lowest BCUT2D eigenvalue weighted by Crippen LogP contribution is -2.44. The summed E-state index contributed by atoms with van der Waals surface area (Å²) in [4.78, 5) is 31.1. The second-order valence-electron chi connectivity index (χ2n) is 3.85. The van der Waals surface area contributed by atoms with Crippen LogP contribution in [0.4, 0.5) is 4.79 Å². The molecule has 0 aliphatic carbocycles. The van der Waals surface area contributed by atoms with Gasteiger partial charge in [-0.05, 0) is 5.56 Å². The van der Waals surface area contributed by atoms with Crippen LogP contribution in [0.2, 0.25) is 0 Å².